The van der Waals surface area contributed by atoms with Crippen molar-refractivity contribution < 1.29 is 18.6 Å². The summed E-state index contributed by atoms with van der Waals surface area (Å²) in [7, 11) is -3.84. The van der Waals surface area contributed by atoms with E-state index in [9.17, 15) is 13.5 Å². The van der Waals surface area contributed by atoms with Gasteiger partial charge in [-0.3, -0.25) is 0 Å². The Kier molecular flexibility index (Phi) is 3.84. The summed E-state index contributed by atoms with van der Waals surface area (Å²) in [6.07, 6.45) is 0.177. The van der Waals surface area contributed by atoms with Crippen LogP contribution in [0.2, 0.25) is 0 Å². The molecule has 0 saturated carbocycles. The van der Waals surface area contributed by atoms with Crippen molar-refractivity contribution in [2.45, 2.75) is 23.8 Å². The van der Waals surface area contributed by atoms with Crippen molar-refractivity contribution in [2.24, 2.45) is 0 Å². The summed E-state index contributed by atoms with van der Waals surface area (Å²) < 4.78 is 26.1. The van der Waals surface area contributed by atoms with E-state index in [4.69, 9.17) is 10.4 Å². The van der Waals surface area contributed by atoms with Gasteiger partial charge in [-0.2, -0.15) is 9.57 Å². The molecule has 2 rings (SSSR count). The molecule has 1 aliphatic heterocycles. The van der Waals surface area contributed by atoms with Gasteiger partial charge in [0.1, 0.15) is 11.7 Å². The minimum Gasteiger partial charge on any atom is -0.393 e. The molecule has 0 radical (unpaired) electrons. The van der Waals surface area contributed by atoms with Crippen LogP contribution < -0.4 is 0 Å². The first kappa shape index (κ1) is 14.9. The lowest BCUT2D eigenvalue weighted by atomic mass is 10.1. The Morgan fingerprint density at radius 2 is 2.20 bits per heavy atom. The van der Waals surface area contributed by atoms with Crippen LogP contribution in [0.15, 0.2) is 23.1 Å². The quantitative estimate of drug-likeness (QED) is 0.816. The smallest absolute Gasteiger partial charge is 0.244 e. The Bertz CT molecular complexity index is 665. The van der Waals surface area contributed by atoms with Crippen molar-refractivity contribution in [1.82, 2.24) is 4.31 Å². The predicted octanol–water partition coefficient (Wildman–Crippen LogP) is -0.0155. The third kappa shape index (κ3) is 2.55. The lowest BCUT2D eigenvalue weighted by Gasteiger charge is -2.21. The highest BCUT2D eigenvalue weighted by Crippen LogP contribution is 2.28. The zero-order chi connectivity index (χ0) is 15.0. The van der Waals surface area contributed by atoms with Gasteiger partial charge in [-0.15, -0.1) is 0 Å². The number of aryl methyl sites for hydroxylation is 1. The molecular formula is C13H16N2O4S. The second-order valence-corrected chi connectivity index (χ2v) is 6.99. The standard InChI is InChI=1S/C13H16N2O4S/c1-10-2-3-12(11(6-10)7-14)20(18,19)15-5-4-13(17,8-15)9-16/h2-3,6,16-17H,4-5,8-9H2,1H3. The second-order valence-electron chi connectivity index (χ2n) is 5.08. The fourth-order valence-electron chi connectivity index (χ4n) is 2.25. The lowest BCUT2D eigenvalue weighted by molar-refractivity contribution is -0.000734. The molecule has 0 aliphatic carbocycles. The molecule has 0 spiro atoms. The van der Waals surface area contributed by atoms with E-state index in [1.165, 1.54) is 12.1 Å². The molecule has 108 valence electrons. The monoisotopic (exact) mass is 296 g/mol. The normalized spacial score (nSPS) is 23.7. The number of rotatable bonds is 3. The topological polar surface area (TPSA) is 102 Å². The maximum absolute atomic E-state index is 12.5. The van der Waals surface area contributed by atoms with Crippen LogP contribution in [0.1, 0.15) is 17.5 Å². The van der Waals surface area contributed by atoms with Crippen molar-refractivity contribution >= 4 is 10.0 Å². The summed E-state index contributed by atoms with van der Waals surface area (Å²) >= 11 is 0. The van der Waals surface area contributed by atoms with Gasteiger partial charge in [0.05, 0.1) is 17.1 Å². The maximum atomic E-state index is 12.5. The van der Waals surface area contributed by atoms with Gasteiger partial charge < -0.3 is 10.2 Å². The number of aliphatic hydroxyl groups excluding tert-OH is 1. The summed E-state index contributed by atoms with van der Waals surface area (Å²) in [4.78, 5) is -0.0622. The van der Waals surface area contributed by atoms with Crippen molar-refractivity contribution in [3.63, 3.8) is 0 Å². The summed E-state index contributed by atoms with van der Waals surface area (Å²) in [5.74, 6) is 0. The lowest BCUT2D eigenvalue weighted by Crippen LogP contribution is -2.38. The van der Waals surface area contributed by atoms with Gasteiger partial charge in [0, 0.05) is 13.1 Å². The van der Waals surface area contributed by atoms with E-state index in [1.54, 1.807) is 13.0 Å². The summed E-state index contributed by atoms with van der Waals surface area (Å²) in [6, 6.07) is 6.43. The van der Waals surface area contributed by atoms with Crippen LogP contribution in [0.4, 0.5) is 0 Å². The van der Waals surface area contributed by atoms with Gasteiger partial charge in [-0.25, -0.2) is 8.42 Å². The van der Waals surface area contributed by atoms with Gasteiger partial charge in [0.25, 0.3) is 0 Å². The van der Waals surface area contributed by atoms with Crippen LogP contribution >= 0.6 is 0 Å². The maximum Gasteiger partial charge on any atom is 0.244 e. The number of hydrogen-bond donors (Lipinski definition) is 2. The molecule has 1 aromatic rings. The van der Waals surface area contributed by atoms with Gasteiger partial charge in [-0.05, 0) is 31.0 Å². The highest BCUT2D eigenvalue weighted by Gasteiger charge is 2.41. The first-order chi connectivity index (χ1) is 9.32. The number of hydrogen-bond acceptors (Lipinski definition) is 5. The van der Waals surface area contributed by atoms with Gasteiger partial charge in [-0.1, -0.05) is 6.07 Å². The van der Waals surface area contributed by atoms with Crippen LogP contribution in [-0.2, 0) is 10.0 Å². The number of nitrogens with zero attached hydrogens (tertiary/aromatic N) is 2. The van der Waals surface area contributed by atoms with Crippen LogP contribution in [0.25, 0.3) is 0 Å². The Labute approximate surface area is 117 Å². The van der Waals surface area contributed by atoms with Crippen molar-refractivity contribution in [3.8, 4) is 6.07 Å². The largest absolute Gasteiger partial charge is 0.393 e. The average Bonchev–Trinajstić information content (AvgIpc) is 2.82. The first-order valence-electron chi connectivity index (χ1n) is 6.16. The summed E-state index contributed by atoms with van der Waals surface area (Å²) in [5.41, 5.74) is -0.511. The minimum atomic E-state index is -3.84. The molecule has 1 unspecified atom stereocenters. The number of nitriles is 1. The molecule has 2 N–H and O–H groups in total. The van der Waals surface area contributed by atoms with E-state index < -0.39 is 22.2 Å². The fourth-order valence-corrected chi connectivity index (χ4v) is 3.89. The molecule has 1 saturated heterocycles. The zero-order valence-corrected chi connectivity index (χ0v) is 11.9. The van der Waals surface area contributed by atoms with Crippen LogP contribution in [0, 0.1) is 18.3 Å². The molecule has 0 bridgehead atoms. The SMILES string of the molecule is Cc1ccc(S(=O)(=O)N2CCC(O)(CO)C2)c(C#N)c1. The summed E-state index contributed by atoms with van der Waals surface area (Å²) in [5, 5.41) is 28.1. The zero-order valence-electron chi connectivity index (χ0n) is 11.1. The molecule has 0 aromatic heterocycles. The third-order valence-electron chi connectivity index (χ3n) is 3.46. The van der Waals surface area contributed by atoms with E-state index in [-0.39, 0.29) is 30.0 Å². The average molecular weight is 296 g/mol. The summed E-state index contributed by atoms with van der Waals surface area (Å²) in [6.45, 7) is 1.25. The van der Waals surface area contributed by atoms with E-state index in [0.717, 1.165) is 9.87 Å². The molecule has 1 fully saturated rings. The Hall–Kier alpha value is -1.46. The molecule has 20 heavy (non-hydrogen) atoms. The fraction of sp³-hybridized carbons (Fsp3) is 0.462. The van der Waals surface area contributed by atoms with Crippen molar-refractivity contribution in [3.05, 3.63) is 29.3 Å². The van der Waals surface area contributed by atoms with Crippen LogP contribution in [-0.4, -0.2) is 48.2 Å². The third-order valence-corrected chi connectivity index (χ3v) is 5.37. The van der Waals surface area contributed by atoms with Gasteiger partial charge in [0.2, 0.25) is 10.0 Å². The number of β-amino-alcohol motifs (C(OH)–C–C–N with tert-alkyl or cyclic N) is 1. The van der Waals surface area contributed by atoms with Crippen LogP contribution in [0.5, 0.6) is 0 Å². The molecule has 6 nitrogen and oxygen atoms in total. The highest BCUT2D eigenvalue weighted by atomic mass is 32.2. The van der Waals surface area contributed by atoms with Gasteiger partial charge in [0.15, 0.2) is 0 Å². The number of benzene rings is 1. The first-order valence-corrected chi connectivity index (χ1v) is 7.60. The molecule has 0 amide bonds. The molecule has 1 aliphatic rings. The van der Waals surface area contributed by atoms with Crippen molar-refractivity contribution in [1.29, 1.82) is 5.26 Å². The van der Waals surface area contributed by atoms with Crippen LogP contribution in [0.3, 0.4) is 0 Å². The Morgan fingerprint density at radius 1 is 1.50 bits per heavy atom. The Morgan fingerprint density at radius 3 is 2.75 bits per heavy atom. The van der Waals surface area contributed by atoms with E-state index >= 15 is 0 Å². The van der Waals surface area contributed by atoms with E-state index in [2.05, 4.69) is 0 Å². The molecular weight excluding hydrogens is 280 g/mol. The Balaban J connectivity index is 2.40. The molecule has 1 heterocycles. The number of aliphatic hydroxyl groups is 2. The van der Waals surface area contributed by atoms with Gasteiger partial charge >= 0.3 is 0 Å². The predicted molar refractivity (Wildman–Crippen MR) is 71.3 cm³/mol. The minimum absolute atomic E-state index is 0.0622. The molecule has 1 aromatic carbocycles. The molecule has 1 atom stereocenters. The second kappa shape index (κ2) is 5.14. The highest BCUT2D eigenvalue weighted by molar-refractivity contribution is 7.89. The van der Waals surface area contributed by atoms with E-state index in [1.807, 2.05) is 6.07 Å². The molecule has 7 heteroatoms. The number of sulfonamides is 1. The van der Waals surface area contributed by atoms with E-state index in [0.29, 0.717) is 0 Å². The van der Waals surface area contributed by atoms with Crippen molar-refractivity contribution in [2.75, 3.05) is 19.7 Å².